The molecule has 1 N–H and O–H groups in total. The maximum Gasteiger partial charge on any atom is 0.160 e. The summed E-state index contributed by atoms with van der Waals surface area (Å²) in [6.07, 6.45) is 6.24. The molecule has 13 heavy (non-hydrogen) atoms. The molecule has 0 fully saturated rings. The molecule has 0 heterocycles. The van der Waals surface area contributed by atoms with E-state index in [1.165, 1.54) is 19.3 Å². The van der Waals surface area contributed by atoms with E-state index < -0.39 is 6.10 Å². The summed E-state index contributed by atoms with van der Waals surface area (Å²) in [4.78, 5) is 11.0. The highest BCUT2D eigenvalue weighted by molar-refractivity contribution is 5.82. The molecule has 0 aromatic rings. The zero-order valence-corrected chi connectivity index (χ0v) is 8.88. The summed E-state index contributed by atoms with van der Waals surface area (Å²) in [6, 6.07) is 0. The van der Waals surface area contributed by atoms with Crippen molar-refractivity contribution in [2.75, 3.05) is 0 Å². The number of carbonyl (C=O) groups excluding carboxylic acids is 1. The van der Waals surface area contributed by atoms with Gasteiger partial charge in [0, 0.05) is 6.42 Å². The van der Waals surface area contributed by atoms with Crippen LogP contribution in [-0.2, 0) is 4.79 Å². The van der Waals surface area contributed by atoms with Crippen molar-refractivity contribution < 1.29 is 9.90 Å². The fraction of sp³-hybridized carbons (Fsp3) is 0.909. The molecule has 0 saturated heterocycles. The van der Waals surface area contributed by atoms with Crippen LogP contribution in [0.3, 0.4) is 0 Å². The minimum absolute atomic E-state index is 0.0181. The fourth-order valence-corrected chi connectivity index (χ4v) is 1.34. The van der Waals surface area contributed by atoms with Crippen LogP contribution in [0.15, 0.2) is 0 Å². The molecule has 0 spiro atoms. The number of aliphatic hydroxyl groups is 1. The molecule has 2 nitrogen and oxygen atoms in total. The normalized spacial score (nSPS) is 12.8. The summed E-state index contributed by atoms with van der Waals surface area (Å²) in [5.74, 6) is -0.0181. The molecule has 0 aliphatic heterocycles. The van der Waals surface area contributed by atoms with Crippen LogP contribution >= 0.6 is 0 Å². The molecular weight excluding hydrogens is 164 g/mol. The summed E-state index contributed by atoms with van der Waals surface area (Å²) < 4.78 is 0. The second kappa shape index (κ2) is 8.24. The molecule has 1 atom stereocenters. The number of ketones is 1. The van der Waals surface area contributed by atoms with Crippen LogP contribution in [0, 0.1) is 0 Å². The van der Waals surface area contributed by atoms with Crippen LogP contribution < -0.4 is 0 Å². The van der Waals surface area contributed by atoms with Gasteiger partial charge in [-0.1, -0.05) is 46.0 Å². The van der Waals surface area contributed by atoms with E-state index in [2.05, 4.69) is 6.92 Å². The number of hydrogen-bond donors (Lipinski definition) is 1. The Labute approximate surface area is 81.3 Å². The Bertz CT molecular complexity index is 132. The van der Waals surface area contributed by atoms with Crippen LogP contribution in [0.5, 0.6) is 0 Å². The van der Waals surface area contributed by atoms with Crippen LogP contribution in [0.1, 0.15) is 58.8 Å². The quantitative estimate of drug-likeness (QED) is 0.592. The summed E-state index contributed by atoms with van der Waals surface area (Å²) in [7, 11) is 0. The molecule has 0 amide bonds. The second-order valence-electron chi connectivity index (χ2n) is 3.54. The van der Waals surface area contributed by atoms with Gasteiger partial charge in [0.1, 0.15) is 6.10 Å². The van der Waals surface area contributed by atoms with Gasteiger partial charge in [0.15, 0.2) is 5.78 Å². The van der Waals surface area contributed by atoms with Crippen molar-refractivity contribution in [3.05, 3.63) is 0 Å². The van der Waals surface area contributed by atoms with E-state index >= 15 is 0 Å². The first-order valence-corrected chi connectivity index (χ1v) is 5.43. The molecular formula is C11H22O2. The molecule has 0 radical (unpaired) electrons. The molecule has 0 bridgehead atoms. The van der Waals surface area contributed by atoms with Crippen LogP contribution in [0.4, 0.5) is 0 Å². The van der Waals surface area contributed by atoms with Crippen molar-refractivity contribution in [3.63, 3.8) is 0 Å². The van der Waals surface area contributed by atoms with Crippen LogP contribution in [0.2, 0.25) is 0 Å². The topological polar surface area (TPSA) is 37.3 Å². The third kappa shape index (κ3) is 6.76. The van der Waals surface area contributed by atoms with Gasteiger partial charge in [0.05, 0.1) is 0 Å². The molecule has 0 aliphatic rings. The van der Waals surface area contributed by atoms with E-state index in [1.807, 2.05) is 0 Å². The largest absolute Gasteiger partial charge is 0.385 e. The summed E-state index contributed by atoms with van der Waals surface area (Å²) in [5.41, 5.74) is 0. The highest BCUT2D eigenvalue weighted by atomic mass is 16.3. The molecule has 0 saturated carbocycles. The predicted octanol–water partition coefficient (Wildman–Crippen LogP) is 2.69. The number of rotatable bonds is 8. The van der Waals surface area contributed by atoms with Gasteiger partial charge < -0.3 is 5.11 Å². The van der Waals surface area contributed by atoms with Gasteiger partial charge in [0.25, 0.3) is 0 Å². The standard InChI is InChI=1S/C11H22O2/c1-3-5-6-7-8-9-11(13)10(12)4-2/h11,13H,3-9H2,1-2H3. The van der Waals surface area contributed by atoms with Gasteiger partial charge >= 0.3 is 0 Å². The lowest BCUT2D eigenvalue weighted by atomic mass is 10.0. The fourth-order valence-electron chi connectivity index (χ4n) is 1.34. The monoisotopic (exact) mass is 186 g/mol. The van der Waals surface area contributed by atoms with E-state index in [0.717, 1.165) is 12.8 Å². The highest BCUT2D eigenvalue weighted by Gasteiger charge is 2.11. The first kappa shape index (κ1) is 12.6. The first-order chi connectivity index (χ1) is 6.22. The molecule has 2 heteroatoms. The number of Topliss-reactive ketones (excluding diaryl/α,β-unsaturated/α-hetero) is 1. The van der Waals surface area contributed by atoms with Gasteiger partial charge in [-0.2, -0.15) is 0 Å². The van der Waals surface area contributed by atoms with Gasteiger partial charge in [-0.15, -0.1) is 0 Å². The van der Waals surface area contributed by atoms with Gasteiger partial charge in [-0.25, -0.2) is 0 Å². The van der Waals surface area contributed by atoms with Crippen molar-refractivity contribution in [1.82, 2.24) is 0 Å². The zero-order valence-electron chi connectivity index (χ0n) is 8.88. The number of hydrogen-bond acceptors (Lipinski definition) is 2. The lowest BCUT2D eigenvalue weighted by Gasteiger charge is -2.07. The lowest BCUT2D eigenvalue weighted by Crippen LogP contribution is -2.18. The predicted molar refractivity (Wildman–Crippen MR) is 54.7 cm³/mol. The minimum atomic E-state index is -0.702. The van der Waals surface area contributed by atoms with E-state index in [-0.39, 0.29) is 5.78 Å². The van der Waals surface area contributed by atoms with E-state index in [1.54, 1.807) is 6.92 Å². The van der Waals surface area contributed by atoms with Crippen molar-refractivity contribution in [1.29, 1.82) is 0 Å². The maximum absolute atomic E-state index is 11.0. The summed E-state index contributed by atoms with van der Waals surface area (Å²) in [6.45, 7) is 3.97. The molecule has 0 aliphatic carbocycles. The van der Waals surface area contributed by atoms with Crippen molar-refractivity contribution in [2.45, 2.75) is 64.9 Å². The van der Waals surface area contributed by atoms with E-state index in [0.29, 0.717) is 12.8 Å². The Morgan fingerprint density at radius 3 is 2.31 bits per heavy atom. The van der Waals surface area contributed by atoms with Crippen molar-refractivity contribution in [2.24, 2.45) is 0 Å². The highest BCUT2D eigenvalue weighted by Crippen LogP contribution is 2.08. The number of aliphatic hydroxyl groups excluding tert-OH is 1. The van der Waals surface area contributed by atoms with Crippen molar-refractivity contribution >= 4 is 5.78 Å². The molecule has 1 unspecified atom stereocenters. The van der Waals surface area contributed by atoms with Crippen molar-refractivity contribution in [3.8, 4) is 0 Å². The maximum atomic E-state index is 11.0. The molecule has 78 valence electrons. The van der Waals surface area contributed by atoms with E-state index in [4.69, 9.17) is 0 Å². The lowest BCUT2D eigenvalue weighted by molar-refractivity contribution is -0.127. The first-order valence-electron chi connectivity index (χ1n) is 5.43. The zero-order chi connectivity index (χ0) is 10.1. The average molecular weight is 186 g/mol. The average Bonchev–Trinajstić information content (AvgIpc) is 2.16. The smallest absolute Gasteiger partial charge is 0.160 e. The Kier molecular flexibility index (Phi) is 8.00. The molecule has 0 rings (SSSR count). The third-order valence-electron chi connectivity index (χ3n) is 2.30. The Hall–Kier alpha value is -0.370. The third-order valence-corrected chi connectivity index (χ3v) is 2.30. The Balaban J connectivity index is 3.26. The van der Waals surface area contributed by atoms with Gasteiger partial charge in [-0.3, -0.25) is 4.79 Å². The molecule has 0 aromatic heterocycles. The SMILES string of the molecule is CCCCCCCC(O)C(=O)CC. The summed E-state index contributed by atoms with van der Waals surface area (Å²) >= 11 is 0. The Morgan fingerprint density at radius 2 is 1.77 bits per heavy atom. The molecule has 0 aromatic carbocycles. The number of unbranched alkanes of at least 4 members (excludes halogenated alkanes) is 4. The number of carbonyl (C=O) groups is 1. The second-order valence-corrected chi connectivity index (χ2v) is 3.54. The summed E-state index contributed by atoms with van der Waals surface area (Å²) in [5, 5.41) is 9.32. The van der Waals surface area contributed by atoms with Gasteiger partial charge in [-0.05, 0) is 6.42 Å². The minimum Gasteiger partial charge on any atom is -0.385 e. The van der Waals surface area contributed by atoms with Gasteiger partial charge in [0.2, 0.25) is 0 Å². The van der Waals surface area contributed by atoms with Crippen LogP contribution in [-0.4, -0.2) is 17.0 Å². The Morgan fingerprint density at radius 1 is 1.15 bits per heavy atom. The van der Waals surface area contributed by atoms with E-state index in [9.17, 15) is 9.90 Å². The van der Waals surface area contributed by atoms with Crippen LogP contribution in [0.25, 0.3) is 0 Å².